The number of benzene rings is 2. The fraction of sp³-hybridized carbons (Fsp3) is 0.136. The fourth-order valence-electron chi connectivity index (χ4n) is 2.91. The summed E-state index contributed by atoms with van der Waals surface area (Å²) in [7, 11) is 2.03. The number of hydrogen-bond acceptors (Lipinski definition) is 5. The fourth-order valence-corrected chi connectivity index (χ4v) is 3.27. The van der Waals surface area contributed by atoms with Crippen molar-refractivity contribution < 1.29 is 4.74 Å². The van der Waals surface area contributed by atoms with Gasteiger partial charge in [-0.1, -0.05) is 12.1 Å². The Balaban J connectivity index is 1.58. The summed E-state index contributed by atoms with van der Waals surface area (Å²) in [5.41, 5.74) is 1.81. The highest BCUT2D eigenvalue weighted by Crippen LogP contribution is 2.26. The number of anilines is 1. The van der Waals surface area contributed by atoms with Crippen molar-refractivity contribution in [2.75, 3.05) is 25.1 Å². The number of likely N-dealkylation sites (N-methyl/N-ethyl adjacent to an activating group) is 1. The van der Waals surface area contributed by atoms with Crippen molar-refractivity contribution >= 4 is 39.3 Å². The lowest BCUT2D eigenvalue weighted by Gasteiger charge is -2.21. The Kier molecular flexibility index (Phi) is 5.66. The first-order valence-electron chi connectivity index (χ1n) is 8.97. The third-order valence-electron chi connectivity index (χ3n) is 4.37. The Labute approximate surface area is 177 Å². The van der Waals surface area contributed by atoms with E-state index in [9.17, 15) is 0 Å². The number of pyridine rings is 1. The summed E-state index contributed by atoms with van der Waals surface area (Å²) in [6.45, 7) is 1.27. The first-order valence-corrected chi connectivity index (χ1v) is 10.1. The molecule has 0 fully saturated rings. The molecule has 4 rings (SSSR count). The van der Waals surface area contributed by atoms with Gasteiger partial charge < -0.3 is 9.64 Å². The minimum atomic E-state index is 0.567. The summed E-state index contributed by atoms with van der Waals surface area (Å²) in [5.74, 6) is 2.43. The van der Waals surface area contributed by atoms with E-state index in [-0.39, 0.29) is 0 Å². The maximum Gasteiger partial charge on any atom is 0.163 e. The molecule has 0 atom stereocenters. The second-order valence-corrected chi connectivity index (χ2v) is 7.60. The van der Waals surface area contributed by atoms with Crippen LogP contribution < -0.4 is 9.64 Å². The van der Waals surface area contributed by atoms with Crippen LogP contribution in [0.1, 0.15) is 0 Å². The molecule has 0 saturated carbocycles. The van der Waals surface area contributed by atoms with E-state index in [2.05, 4.69) is 32.5 Å². The summed E-state index contributed by atoms with van der Waals surface area (Å²) in [5, 5.41) is 1.02. The number of ether oxygens (including phenoxy) is 1. The van der Waals surface area contributed by atoms with Crippen LogP contribution in [0.25, 0.3) is 22.3 Å². The predicted octanol–water partition coefficient (Wildman–Crippen LogP) is 4.81. The third kappa shape index (κ3) is 4.22. The van der Waals surface area contributed by atoms with E-state index in [0.29, 0.717) is 19.0 Å². The smallest absolute Gasteiger partial charge is 0.163 e. The lowest BCUT2D eigenvalue weighted by molar-refractivity contribution is 0.325. The molecule has 0 spiro atoms. The molecule has 0 aliphatic heterocycles. The van der Waals surface area contributed by atoms with Gasteiger partial charge in [-0.3, -0.25) is 4.98 Å². The molecule has 140 valence electrons. The molecule has 0 unspecified atom stereocenters. The third-order valence-corrected chi connectivity index (χ3v) is 5.09. The Hall–Kier alpha value is -2.74. The Bertz CT molecular complexity index is 1070. The number of hydrogen-bond donors (Lipinski definition) is 0. The van der Waals surface area contributed by atoms with Crippen molar-refractivity contribution in [1.29, 1.82) is 0 Å². The minimum Gasteiger partial charge on any atom is -0.492 e. The molecular weight excluding hydrogens is 463 g/mol. The molecular formula is C22H19IN4O. The summed E-state index contributed by atoms with van der Waals surface area (Å²) >= 11 is 2.29. The molecule has 0 bridgehead atoms. The van der Waals surface area contributed by atoms with E-state index in [4.69, 9.17) is 14.7 Å². The standard InChI is InChI=1S/C22H19IN4O/c1-27(13-14-28-18-10-8-17(23)9-11-18)22-19-6-2-3-7-20(19)25-21(26-22)16-5-4-12-24-15-16/h2-12,15H,13-14H2,1H3. The van der Waals surface area contributed by atoms with E-state index in [1.54, 1.807) is 12.4 Å². The highest BCUT2D eigenvalue weighted by atomic mass is 127. The van der Waals surface area contributed by atoms with Crippen molar-refractivity contribution in [3.8, 4) is 17.1 Å². The molecule has 0 aliphatic rings. The van der Waals surface area contributed by atoms with Crippen molar-refractivity contribution in [2.45, 2.75) is 0 Å². The average Bonchev–Trinajstić information content (AvgIpc) is 2.75. The zero-order chi connectivity index (χ0) is 19.3. The molecule has 5 nitrogen and oxygen atoms in total. The van der Waals surface area contributed by atoms with Crippen LogP contribution in [0.5, 0.6) is 5.75 Å². The van der Waals surface area contributed by atoms with Gasteiger partial charge in [0.2, 0.25) is 0 Å². The lowest BCUT2D eigenvalue weighted by Crippen LogP contribution is -2.25. The highest BCUT2D eigenvalue weighted by Gasteiger charge is 2.13. The summed E-state index contributed by atoms with van der Waals surface area (Å²) in [6.07, 6.45) is 3.54. The zero-order valence-electron chi connectivity index (χ0n) is 15.4. The van der Waals surface area contributed by atoms with Crippen LogP contribution in [0.3, 0.4) is 0 Å². The average molecular weight is 482 g/mol. The quantitative estimate of drug-likeness (QED) is 0.370. The van der Waals surface area contributed by atoms with Crippen molar-refractivity contribution in [1.82, 2.24) is 15.0 Å². The number of aromatic nitrogens is 3. The van der Waals surface area contributed by atoms with Crippen LogP contribution in [0.15, 0.2) is 73.1 Å². The van der Waals surface area contributed by atoms with Gasteiger partial charge in [0.05, 0.1) is 12.1 Å². The Morgan fingerprint density at radius 3 is 2.57 bits per heavy atom. The number of nitrogens with zero attached hydrogens (tertiary/aromatic N) is 4. The van der Waals surface area contributed by atoms with E-state index in [1.165, 1.54) is 3.57 Å². The molecule has 4 aromatic rings. The van der Waals surface area contributed by atoms with Crippen LogP contribution in [-0.4, -0.2) is 35.2 Å². The summed E-state index contributed by atoms with van der Waals surface area (Å²) in [6, 6.07) is 20.0. The van der Waals surface area contributed by atoms with Crippen LogP contribution in [0, 0.1) is 3.57 Å². The van der Waals surface area contributed by atoms with Crippen LogP contribution in [0.2, 0.25) is 0 Å². The molecule has 0 aliphatic carbocycles. The van der Waals surface area contributed by atoms with Crippen molar-refractivity contribution in [2.24, 2.45) is 0 Å². The largest absolute Gasteiger partial charge is 0.492 e. The van der Waals surface area contributed by atoms with E-state index >= 15 is 0 Å². The van der Waals surface area contributed by atoms with Gasteiger partial charge in [0.15, 0.2) is 5.82 Å². The zero-order valence-corrected chi connectivity index (χ0v) is 17.6. The maximum atomic E-state index is 5.88. The molecule has 0 saturated heterocycles. The van der Waals surface area contributed by atoms with E-state index in [1.807, 2.05) is 67.7 Å². The van der Waals surface area contributed by atoms with Crippen LogP contribution >= 0.6 is 22.6 Å². The molecule has 0 radical (unpaired) electrons. The van der Waals surface area contributed by atoms with E-state index in [0.717, 1.165) is 28.0 Å². The van der Waals surface area contributed by atoms with Gasteiger partial charge in [-0.2, -0.15) is 0 Å². The molecule has 2 aromatic heterocycles. The molecule has 2 aromatic carbocycles. The predicted molar refractivity (Wildman–Crippen MR) is 121 cm³/mol. The number of halogens is 1. The first kappa shape index (κ1) is 18.6. The first-order chi connectivity index (χ1) is 13.7. The van der Waals surface area contributed by atoms with Crippen molar-refractivity contribution in [3.63, 3.8) is 0 Å². The van der Waals surface area contributed by atoms with Gasteiger partial charge >= 0.3 is 0 Å². The monoisotopic (exact) mass is 482 g/mol. The molecule has 28 heavy (non-hydrogen) atoms. The highest BCUT2D eigenvalue weighted by molar-refractivity contribution is 14.1. The number of fused-ring (bicyclic) bond motifs is 1. The summed E-state index contributed by atoms with van der Waals surface area (Å²) in [4.78, 5) is 15.8. The topological polar surface area (TPSA) is 51.1 Å². The Morgan fingerprint density at radius 1 is 0.964 bits per heavy atom. The van der Waals surface area contributed by atoms with Gasteiger partial charge in [0, 0.05) is 34.0 Å². The number of para-hydroxylation sites is 1. The molecule has 0 N–H and O–H groups in total. The minimum absolute atomic E-state index is 0.567. The van der Waals surface area contributed by atoms with Gasteiger partial charge in [0.1, 0.15) is 18.2 Å². The maximum absolute atomic E-state index is 5.88. The molecule has 6 heteroatoms. The van der Waals surface area contributed by atoms with Crippen LogP contribution in [-0.2, 0) is 0 Å². The normalized spacial score (nSPS) is 10.8. The van der Waals surface area contributed by atoms with Gasteiger partial charge in [-0.25, -0.2) is 9.97 Å². The van der Waals surface area contributed by atoms with E-state index < -0.39 is 0 Å². The molecule has 2 heterocycles. The van der Waals surface area contributed by atoms with Gasteiger partial charge in [-0.05, 0) is 71.1 Å². The molecule has 0 amide bonds. The van der Waals surface area contributed by atoms with Crippen LogP contribution in [0.4, 0.5) is 5.82 Å². The van der Waals surface area contributed by atoms with Crippen molar-refractivity contribution in [3.05, 3.63) is 76.6 Å². The SMILES string of the molecule is CN(CCOc1ccc(I)cc1)c1nc(-c2cccnc2)nc2ccccc12. The summed E-state index contributed by atoms with van der Waals surface area (Å²) < 4.78 is 7.07. The second kappa shape index (κ2) is 8.52. The van der Waals surface area contributed by atoms with Gasteiger partial charge in [-0.15, -0.1) is 0 Å². The Morgan fingerprint density at radius 2 is 1.79 bits per heavy atom. The van der Waals surface area contributed by atoms with Gasteiger partial charge in [0.25, 0.3) is 0 Å². The lowest BCUT2D eigenvalue weighted by atomic mass is 10.2. The second-order valence-electron chi connectivity index (χ2n) is 6.35. The number of rotatable bonds is 6.